The summed E-state index contributed by atoms with van der Waals surface area (Å²) in [6.45, 7) is 2.60. The van der Waals surface area contributed by atoms with Gasteiger partial charge in [0, 0.05) is 0 Å². The number of benzene rings is 1. The van der Waals surface area contributed by atoms with Crippen molar-refractivity contribution in [1.29, 1.82) is 0 Å². The molecule has 0 N–H and O–H groups in total. The van der Waals surface area contributed by atoms with Crippen LogP contribution in [0.3, 0.4) is 0 Å². The van der Waals surface area contributed by atoms with Crippen LogP contribution < -0.4 is 4.74 Å². The molecular formula is C15H21FO. The van der Waals surface area contributed by atoms with Gasteiger partial charge in [-0.05, 0) is 37.0 Å². The van der Waals surface area contributed by atoms with Crippen LogP contribution in [0.25, 0.3) is 0 Å². The van der Waals surface area contributed by atoms with Gasteiger partial charge in [-0.1, -0.05) is 38.2 Å². The zero-order chi connectivity index (χ0) is 12.1. The van der Waals surface area contributed by atoms with Crippen molar-refractivity contribution < 1.29 is 9.13 Å². The Labute approximate surface area is 103 Å². The number of halogens is 1. The molecule has 2 rings (SSSR count). The van der Waals surface area contributed by atoms with Crippen molar-refractivity contribution in [2.45, 2.75) is 45.4 Å². The SMILES string of the molecule is Cc1ccc(F)c(OCCC2CCCCC2)c1. The largest absolute Gasteiger partial charge is 0.490 e. The smallest absolute Gasteiger partial charge is 0.165 e. The summed E-state index contributed by atoms with van der Waals surface area (Å²) in [4.78, 5) is 0. The van der Waals surface area contributed by atoms with Crippen molar-refractivity contribution >= 4 is 0 Å². The molecule has 1 aliphatic rings. The van der Waals surface area contributed by atoms with Crippen LogP contribution in [-0.4, -0.2) is 6.61 Å². The summed E-state index contributed by atoms with van der Waals surface area (Å²) < 4.78 is 19.0. The van der Waals surface area contributed by atoms with Crippen molar-refractivity contribution in [3.05, 3.63) is 29.6 Å². The topological polar surface area (TPSA) is 9.23 Å². The maximum atomic E-state index is 13.4. The number of aryl methyl sites for hydroxylation is 1. The molecular weight excluding hydrogens is 215 g/mol. The van der Waals surface area contributed by atoms with Gasteiger partial charge in [-0.2, -0.15) is 0 Å². The molecule has 0 aliphatic heterocycles. The van der Waals surface area contributed by atoms with Crippen LogP contribution in [-0.2, 0) is 0 Å². The van der Waals surface area contributed by atoms with E-state index in [2.05, 4.69) is 0 Å². The van der Waals surface area contributed by atoms with Crippen molar-refractivity contribution in [2.75, 3.05) is 6.61 Å². The molecule has 0 heterocycles. The first-order valence-electron chi connectivity index (χ1n) is 6.64. The Bertz CT molecular complexity index is 356. The molecule has 0 saturated heterocycles. The van der Waals surface area contributed by atoms with Crippen LogP contribution in [0.1, 0.15) is 44.1 Å². The molecule has 0 aromatic heterocycles. The molecule has 0 bridgehead atoms. The molecule has 1 fully saturated rings. The van der Waals surface area contributed by atoms with Gasteiger partial charge in [0.2, 0.25) is 0 Å². The van der Waals surface area contributed by atoms with Crippen LogP contribution in [0.5, 0.6) is 5.75 Å². The Morgan fingerprint density at radius 2 is 2.00 bits per heavy atom. The highest BCUT2D eigenvalue weighted by atomic mass is 19.1. The van der Waals surface area contributed by atoms with Gasteiger partial charge in [0.1, 0.15) is 0 Å². The minimum Gasteiger partial charge on any atom is -0.490 e. The third-order valence-electron chi connectivity index (χ3n) is 3.60. The summed E-state index contributed by atoms with van der Waals surface area (Å²) in [5.74, 6) is 0.941. The van der Waals surface area contributed by atoms with Crippen molar-refractivity contribution in [2.24, 2.45) is 5.92 Å². The first-order valence-corrected chi connectivity index (χ1v) is 6.64. The highest BCUT2D eigenvalue weighted by Gasteiger charge is 2.13. The van der Waals surface area contributed by atoms with Crippen LogP contribution in [0.4, 0.5) is 4.39 Å². The summed E-state index contributed by atoms with van der Waals surface area (Å²) in [5.41, 5.74) is 1.04. The summed E-state index contributed by atoms with van der Waals surface area (Å²) >= 11 is 0. The quantitative estimate of drug-likeness (QED) is 0.748. The summed E-state index contributed by atoms with van der Waals surface area (Å²) in [6, 6.07) is 5.02. The minimum absolute atomic E-state index is 0.251. The lowest BCUT2D eigenvalue weighted by Gasteiger charge is -2.21. The van der Waals surface area contributed by atoms with Gasteiger partial charge in [0.25, 0.3) is 0 Å². The monoisotopic (exact) mass is 236 g/mol. The van der Waals surface area contributed by atoms with Gasteiger partial charge >= 0.3 is 0 Å². The van der Waals surface area contributed by atoms with Gasteiger partial charge in [-0.3, -0.25) is 0 Å². The van der Waals surface area contributed by atoms with E-state index in [1.165, 1.54) is 38.2 Å². The highest BCUT2D eigenvalue weighted by molar-refractivity contribution is 5.29. The Morgan fingerprint density at radius 3 is 2.76 bits per heavy atom. The van der Waals surface area contributed by atoms with E-state index in [0.29, 0.717) is 12.4 Å². The third kappa shape index (κ3) is 3.72. The molecule has 94 valence electrons. The number of hydrogen-bond donors (Lipinski definition) is 0. The molecule has 0 amide bonds. The van der Waals surface area contributed by atoms with Gasteiger partial charge in [0.15, 0.2) is 11.6 Å². The maximum absolute atomic E-state index is 13.4. The van der Waals surface area contributed by atoms with Crippen molar-refractivity contribution in [3.8, 4) is 5.75 Å². The average Bonchev–Trinajstić information content (AvgIpc) is 2.35. The van der Waals surface area contributed by atoms with Crippen LogP contribution in [0.2, 0.25) is 0 Å². The van der Waals surface area contributed by atoms with Crippen molar-refractivity contribution in [3.63, 3.8) is 0 Å². The molecule has 0 atom stereocenters. The van der Waals surface area contributed by atoms with Gasteiger partial charge in [-0.15, -0.1) is 0 Å². The predicted molar refractivity (Wildman–Crippen MR) is 67.8 cm³/mol. The lowest BCUT2D eigenvalue weighted by Crippen LogP contribution is -2.11. The van der Waals surface area contributed by atoms with E-state index in [1.54, 1.807) is 12.1 Å². The lowest BCUT2D eigenvalue weighted by atomic mass is 9.87. The third-order valence-corrected chi connectivity index (χ3v) is 3.60. The fourth-order valence-electron chi connectivity index (χ4n) is 2.53. The summed E-state index contributed by atoms with van der Waals surface area (Å²) in [5, 5.41) is 0. The van der Waals surface area contributed by atoms with Gasteiger partial charge in [-0.25, -0.2) is 4.39 Å². The summed E-state index contributed by atoms with van der Waals surface area (Å²) in [7, 11) is 0. The molecule has 1 aromatic carbocycles. The van der Waals surface area contributed by atoms with E-state index in [1.807, 2.05) is 6.92 Å². The molecule has 0 unspecified atom stereocenters. The molecule has 1 aromatic rings. The second kappa shape index (κ2) is 6.04. The highest BCUT2D eigenvalue weighted by Crippen LogP contribution is 2.27. The Hall–Kier alpha value is -1.05. The number of hydrogen-bond acceptors (Lipinski definition) is 1. The van der Waals surface area contributed by atoms with Crippen LogP contribution in [0.15, 0.2) is 18.2 Å². The molecule has 1 aliphatic carbocycles. The van der Waals surface area contributed by atoms with E-state index >= 15 is 0 Å². The first-order chi connectivity index (χ1) is 8.25. The van der Waals surface area contributed by atoms with Crippen LogP contribution in [0, 0.1) is 18.7 Å². The fourth-order valence-corrected chi connectivity index (χ4v) is 2.53. The second-order valence-corrected chi connectivity index (χ2v) is 5.08. The number of rotatable bonds is 4. The van der Waals surface area contributed by atoms with Gasteiger partial charge in [0.05, 0.1) is 6.61 Å². The van der Waals surface area contributed by atoms with E-state index in [9.17, 15) is 4.39 Å². The van der Waals surface area contributed by atoms with Gasteiger partial charge < -0.3 is 4.74 Å². The molecule has 1 nitrogen and oxygen atoms in total. The Morgan fingerprint density at radius 1 is 1.24 bits per heavy atom. The maximum Gasteiger partial charge on any atom is 0.165 e. The summed E-state index contributed by atoms with van der Waals surface area (Å²) in [6.07, 6.45) is 7.78. The lowest BCUT2D eigenvalue weighted by molar-refractivity contribution is 0.239. The standard InChI is InChI=1S/C15H21FO/c1-12-7-8-14(16)15(11-12)17-10-9-13-5-3-2-4-6-13/h7-8,11,13H,2-6,9-10H2,1H3. The first kappa shape index (κ1) is 12.4. The van der Waals surface area contributed by atoms with Crippen LogP contribution >= 0.6 is 0 Å². The van der Waals surface area contributed by atoms with E-state index in [-0.39, 0.29) is 5.82 Å². The molecule has 2 heteroatoms. The zero-order valence-electron chi connectivity index (χ0n) is 10.5. The Balaban J connectivity index is 1.79. The molecule has 0 spiro atoms. The average molecular weight is 236 g/mol. The van der Waals surface area contributed by atoms with Crippen molar-refractivity contribution in [1.82, 2.24) is 0 Å². The second-order valence-electron chi connectivity index (χ2n) is 5.08. The minimum atomic E-state index is -0.251. The van der Waals surface area contributed by atoms with E-state index < -0.39 is 0 Å². The molecule has 0 radical (unpaired) electrons. The molecule has 17 heavy (non-hydrogen) atoms. The zero-order valence-corrected chi connectivity index (χ0v) is 10.5. The predicted octanol–water partition coefficient (Wildman–Crippen LogP) is 4.48. The number of ether oxygens (including phenoxy) is 1. The van der Waals surface area contributed by atoms with E-state index in [0.717, 1.165) is 17.9 Å². The van der Waals surface area contributed by atoms with E-state index in [4.69, 9.17) is 4.74 Å². The normalized spacial score (nSPS) is 17.1. The Kier molecular flexibility index (Phi) is 4.41. The fraction of sp³-hybridized carbons (Fsp3) is 0.600. The molecule has 1 saturated carbocycles.